The maximum absolute atomic E-state index is 14.2. The average molecular weight is 751 g/mol. The van der Waals surface area contributed by atoms with E-state index in [0.717, 1.165) is 66.7 Å². The van der Waals surface area contributed by atoms with Crippen molar-refractivity contribution in [3.63, 3.8) is 0 Å². The number of hydrogen-bond donors (Lipinski definition) is 0. The largest absolute Gasteiger partial charge is 0.369 e. The Morgan fingerprint density at radius 2 is 1.40 bits per heavy atom. The van der Waals surface area contributed by atoms with Gasteiger partial charge in [-0.2, -0.15) is 0 Å². The van der Waals surface area contributed by atoms with Crippen LogP contribution in [0, 0.1) is 20.8 Å². The van der Waals surface area contributed by atoms with E-state index in [0.29, 0.717) is 22.1 Å². The highest BCUT2D eigenvalue weighted by atomic mass is 32.2. The fourth-order valence-corrected chi connectivity index (χ4v) is 11.4. The number of piperidine rings is 1. The van der Waals surface area contributed by atoms with Crippen LogP contribution in [0.5, 0.6) is 0 Å². The van der Waals surface area contributed by atoms with Gasteiger partial charge in [0.2, 0.25) is 0 Å². The maximum Gasteiger partial charge on any atom is 0.269 e. The van der Waals surface area contributed by atoms with Crippen molar-refractivity contribution in [1.82, 2.24) is 18.8 Å². The van der Waals surface area contributed by atoms with Gasteiger partial charge < -0.3 is 9.80 Å². The van der Waals surface area contributed by atoms with Crippen molar-refractivity contribution in [1.29, 1.82) is 0 Å². The van der Waals surface area contributed by atoms with Crippen LogP contribution in [-0.4, -0.2) is 96.0 Å². The van der Waals surface area contributed by atoms with Crippen LogP contribution < -0.4 is 4.90 Å². The number of rotatable bonds is 8. The molecular formula is C42H50N6O3S2. The van der Waals surface area contributed by atoms with E-state index in [9.17, 15) is 12.6 Å². The number of pyridine rings is 1. The lowest BCUT2D eigenvalue weighted by Gasteiger charge is -2.43. The van der Waals surface area contributed by atoms with Gasteiger partial charge in [-0.3, -0.25) is 4.90 Å². The first kappa shape index (κ1) is 36.0. The van der Waals surface area contributed by atoms with E-state index in [-0.39, 0.29) is 10.9 Å². The molecule has 1 unspecified atom stereocenters. The lowest BCUT2D eigenvalue weighted by Crippen LogP contribution is -2.53. The second kappa shape index (κ2) is 14.0. The Balaban J connectivity index is 1.15. The van der Waals surface area contributed by atoms with Crippen molar-refractivity contribution < 1.29 is 12.6 Å². The summed E-state index contributed by atoms with van der Waals surface area (Å²) in [5.41, 5.74) is 8.33. The summed E-state index contributed by atoms with van der Waals surface area (Å²) in [4.78, 5) is 13.5. The number of benzene rings is 3. The van der Waals surface area contributed by atoms with Crippen molar-refractivity contribution in [2.24, 2.45) is 4.36 Å². The molecule has 2 aliphatic heterocycles. The van der Waals surface area contributed by atoms with E-state index < -0.39 is 19.8 Å². The molecule has 0 spiro atoms. The van der Waals surface area contributed by atoms with Gasteiger partial charge in [0.15, 0.2) is 5.65 Å². The van der Waals surface area contributed by atoms with Crippen molar-refractivity contribution in [2.45, 2.75) is 68.3 Å². The molecule has 8 rings (SSSR count). The quantitative estimate of drug-likeness (QED) is 0.164. The van der Waals surface area contributed by atoms with E-state index in [2.05, 4.69) is 58.2 Å². The van der Waals surface area contributed by atoms with E-state index >= 15 is 0 Å². The summed E-state index contributed by atoms with van der Waals surface area (Å²) in [7, 11) is -4.25. The Kier molecular flexibility index (Phi) is 9.50. The Labute approximate surface area is 314 Å². The highest BCUT2D eigenvalue weighted by Crippen LogP contribution is 2.38. The molecule has 0 amide bonds. The van der Waals surface area contributed by atoms with Crippen LogP contribution in [0.4, 0.5) is 5.69 Å². The molecule has 2 aromatic heterocycles. The van der Waals surface area contributed by atoms with Gasteiger partial charge in [0.25, 0.3) is 10.0 Å². The molecule has 0 radical (unpaired) electrons. The Morgan fingerprint density at radius 1 is 0.736 bits per heavy atom. The molecule has 278 valence electrons. The molecule has 9 nitrogen and oxygen atoms in total. The van der Waals surface area contributed by atoms with E-state index in [1.54, 1.807) is 30.8 Å². The highest BCUT2D eigenvalue weighted by molar-refractivity contribution is 7.93. The molecule has 2 saturated heterocycles. The third kappa shape index (κ3) is 7.04. The van der Waals surface area contributed by atoms with Crippen molar-refractivity contribution in [3.8, 4) is 22.3 Å². The lowest BCUT2D eigenvalue weighted by atomic mass is 9.97. The molecule has 1 atom stereocenters. The minimum absolute atomic E-state index is 0.182. The Hall–Kier alpha value is -4.03. The van der Waals surface area contributed by atoms with Gasteiger partial charge in [-0.15, -0.1) is 0 Å². The molecule has 0 bridgehead atoms. The van der Waals surface area contributed by atoms with E-state index in [4.69, 9.17) is 4.98 Å². The van der Waals surface area contributed by atoms with E-state index in [1.165, 1.54) is 46.7 Å². The third-order valence-electron chi connectivity index (χ3n) is 11.4. The summed E-state index contributed by atoms with van der Waals surface area (Å²) >= 11 is 0. The van der Waals surface area contributed by atoms with E-state index in [1.807, 2.05) is 43.3 Å². The van der Waals surface area contributed by atoms with Crippen LogP contribution in [0.1, 0.15) is 42.4 Å². The molecule has 3 aliphatic rings. The summed E-state index contributed by atoms with van der Waals surface area (Å²) < 4.78 is 47.8. The first-order chi connectivity index (χ1) is 25.4. The fourth-order valence-electron chi connectivity index (χ4n) is 8.31. The summed E-state index contributed by atoms with van der Waals surface area (Å²) in [5.74, 6) is 0. The monoisotopic (exact) mass is 750 g/mol. The molecule has 0 N–H and O–H groups in total. The highest BCUT2D eigenvalue weighted by Gasteiger charge is 2.29. The van der Waals surface area contributed by atoms with Crippen molar-refractivity contribution >= 4 is 36.5 Å². The zero-order chi connectivity index (χ0) is 37.1. The lowest BCUT2D eigenvalue weighted by molar-refractivity contribution is 0.115. The maximum atomic E-state index is 14.2. The molecule has 1 aliphatic carbocycles. The molecule has 4 heterocycles. The standard InChI is InChI=1S/C42H50N6O3S2/c1-29-8-6-7-9-40(29)53(50,51)48-28-39(32-10-14-37(15-11-32)52(5,49)44-35-12-13-35)38-26-34(27-43-42(38)48)33-24-30(2)41(31(3)25-33)47-22-20-46(21-23-47)36-16-18-45(4)19-17-36/h6-11,14-15,24-28,35-36H,12-13,16-23H2,1-5H3. The second-order valence-corrected chi connectivity index (χ2v) is 19.5. The molecule has 3 fully saturated rings. The van der Waals surface area contributed by atoms with Gasteiger partial charge >= 0.3 is 0 Å². The van der Waals surface area contributed by atoms with Gasteiger partial charge in [-0.25, -0.2) is 25.9 Å². The fraction of sp³-hybridized carbons (Fsp3) is 0.405. The molecular weight excluding hydrogens is 701 g/mol. The van der Waals surface area contributed by atoms with Crippen LogP contribution in [0.25, 0.3) is 33.3 Å². The Morgan fingerprint density at radius 3 is 2.04 bits per heavy atom. The van der Waals surface area contributed by atoms with Crippen LogP contribution in [0.2, 0.25) is 0 Å². The summed E-state index contributed by atoms with van der Waals surface area (Å²) in [5, 5.41) is 0.733. The predicted molar refractivity (Wildman–Crippen MR) is 216 cm³/mol. The molecule has 53 heavy (non-hydrogen) atoms. The normalized spacial score (nSPS) is 19.1. The molecule has 5 aromatic rings. The number of likely N-dealkylation sites (tertiary alicyclic amines) is 1. The Bertz CT molecular complexity index is 2390. The van der Waals surface area contributed by atoms with Crippen molar-refractivity contribution in [3.05, 3.63) is 95.8 Å². The smallest absolute Gasteiger partial charge is 0.269 e. The average Bonchev–Trinajstić information content (AvgIpc) is 3.87. The number of nitrogens with zero attached hydrogens (tertiary/aromatic N) is 6. The number of hydrogen-bond acceptors (Lipinski definition) is 8. The molecule has 1 saturated carbocycles. The molecule has 11 heteroatoms. The molecule has 3 aromatic carbocycles. The van der Waals surface area contributed by atoms with Crippen molar-refractivity contribution in [2.75, 3.05) is 57.5 Å². The van der Waals surface area contributed by atoms with Gasteiger partial charge in [0.1, 0.15) is 0 Å². The van der Waals surface area contributed by atoms with Crippen LogP contribution in [0.15, 0.2) is 93.3 Å². The van der Waals surface area contributed by atoms with Crippen LogP contribution in [0.3, 0.4) is 0 Å². The number of aromatic nitrogens is 2. The zero-order valence-electron chi connectivity index (χ0n) is 31.5. The first-order valence-corrected chi connectivity index (χ1v) is 22.2. The van der Waals surface area contributed by atoms with Crippen LogP contribution in [-0.2, 0) is 19.8 Å². The minimum Gasteiger partial charge on any atom is -0.369 e. The van der Waals surface area contributed by atoms with Gasteiger partial charge in [0.05, 0.1) is 20.7 Å². The minimum atomic E-state index is -3.96. The SMILES string of the molecule is Cc1ccccc1S(=O)(=O)n1cc(-c2ccc(S(C)(=O)=NC3CC3)cc2)c2cc(-c3cc(C)c(N4CCN(C5CCN(C)CC5)CC4)c(C)c3)cnc21. The number of aryl methyl sites for hydroxylation is 3. The summed E-state index contributed by atoms with van der Waals surface area (Å²) in [6.45, 7) is 12.8. The van der Waals surface area contributed by atoms with Crippen LogP contribution >= 0.6 is 0 Å². The topological polar surface area (TPSA) is 91.1 Å². The number of fused-ring (bicyclic) bond motifs is 1. The zero-order valence-corrected chi connectivity index (χ0v) is 33.1. The summed E-state index contributed by atoms with van der Waals surface area (Å²) in [6, 6.07) is 22.0. The first-order valence-electron chi connectivity index (χ1n) is 18.8. The van der Waals surface area contributed by atoms with Gasteiger partial charge in [-0.1, -0.05) is 30.3 Å². The second-order valence-electron chi connectivity index (χ2n) is 15.4. The number of piperazine rings is 1. The van der Waals surface area contributed by atoms with Gasteiger partial charge in [0, 0.05) is 78.0 Å². The number of anilines is 1. The third-order valence-corrected chi connectivity index (χ3v) is 15.1. The summed E-state index contributed by atoms with van der Waals surface area (Å²) in [6.07, 6.45) is 9.66. The van der Waals surface area contributed by atoms with Gasteiger partial charge in [-0.05, 0) is 131 Å². The predicted octanol–water partition coefficient (Wildman–Crippen LogP) is 7.37.